The van der Waals surface area contributed by atoms with Crippen LogP contribution in [0, 0.1) is 11.9 Å². The van der Waals surface area contributed by atoms with Crippen molar-refractivity contribution in [2.45, 2.75) is 32.0 Å². The second-order valence-electron chi connectivity index (χ2n) is 6.00. The summed E-state index contributed by atoms with van der Waals surface area (Å²) in [5.74, 6) is -3.49. The lowest BCUT2D eigenvalue weighted by Crippen LogP contribution is -2.33. The number of halogens is 5. The predicted octanol–water partition coefficient (Wildman–Crippen LogP) is 3.91. The lowest BCUT2D eigenvalue weighted by atomic mass is 9.92. The normalized spacial score (nSPS) is 13.8. The van der Waals surface area contributed by atoms with Crippen molar-refractivity contribution in [3.8, 4) is 5.75 Å². The number of esters is 1. The van der Waals surface area contributed by atoms with Gasteiger partial charge in [-0.05, 0) is 43.2 Å². The number of rotatable bonds is 9. The highest BCUT2D eigenvalue weighted by Gasteiger charge is 2.44. The van der Waals surface area contributed by atoms with Crippen molar-refractivity contribution >= 4 is 5.97 Å². The topological polar surface area (TPSA) is 68.7 Å². The van der Waals surface area contributed by atoms with E-state index < -0.39 is 42.2 Å². The van der Waals surface area contributed by atoms with Crippen LogP contribution in [-0.4, -0.2) is 35.2 Å². The molecule has 2 unspecified atom stereocenters. The Balaban J connectivity index is 2.27. The van der Waals surface area contributed by atoms with Crippen LogP contribution in [0.4, 0.5) is 22.0 Å². The molecule has 0 saturated heterocycles. The number of carbonyl (C=O) groups is 1. The van der Waals surface area contributed by atoms with E-state index in [0.717, 1.165) is 18.2 Å². The minimum absolute atomic E-state index is 0.00238. The van der Waals surface area contributed by atoms with E-state index in [1.54, 1.807) is 6.92 Å². The Bertz CT molecular complexity index is 834. The fourth-order valence-electron chi connectivity index (χ4n) is 2.56. The first-order chi connectivity index (χ1) is 13.6. The summed E-state index contributed by atoms with van der Waals surface area (Å²) in [7, 11) is 0. The molecule has 0 bridgehead atoms. The number of alkyl halides is 4. The second kappa shape index (κ2) is 9.64. The fourth-order valence-corrected chi connectivity index (χ4v) is 2.56. The summed E-state index contributed by atoms with van der Waals surface area (Å²) in [5.41, 5.74) is 0.0979. The number of aliphatic hydroxyl groups excluding tert-OH is 1. The molecule has 1 heterocycles. The molecule has 0 aliphatic rings. The largest absolute Gasteiger partial charge is 0.466 e. The van der Waals surface area contributed by atoms with Crippen LogP contribution in [-0.2, 0) is 16.0 Å². The molecule has 29 heavy (non-hydrogen) atoms. The van der Waals surface area contributed by atoms with Crippen molar-refractivity contribution in [1.82, 2.24) is 4.98 Å². The highest BCUT2D eigenvalue weighted by atomic mass is 19.3. The molecule has 1 N–H and O–H groups in total. The third-order valence-electron chi connectivity index (χ3n) is 3.87. The molecule has 0 spiro atoms. The number of pyridine rings is 1. The van der Waals surface area contributed by atoms with Crippen LogP contribution in [0.25, 0.3) is 0 Å². The van der Waals surface area contributed by atoms with Crippen LogP contribution in [0.2, 0.25) is 0 Å². The fraction of sp³-hybridized carbons (Fsp3) is 0.368. The van der Waals surface area contributed by atoms with Crippen LogP contribution >= 0.6 is 0 Å². The van der Waals surface area contributed by atoms with Gasteiger partial charge in [0.2, 0.25) is 5.95 Å². The molecule has 0 aliphatic carbocycles. The molecule has 1 aromatic carbocycles. The molecule has 10 heteroatoms. The van der Waals surface area contributed by atoms with Crippen molar-refractivity contribution in [2.24, 2.45) is 5.92 Å². The van der Waals surface area contributed by atoms with Gasteiger partial charge >= 0.3 is 18.5 Å². The molecular formula is C19H18F5NO4. The van der Waals surface area contributed by atoms with Gasteiger partial charge in [0.15, 0.2) is 0 Å². The monoisotopic (exact) mass is 419 g/mol. The predicted molar refractivity (Wildman–Crippen MR) is 91.0 cm³/mol. The third kappa shape index (κ3) is 6.11. The van der Waals surface area contributed by atoms with Crippen LogP contribution in [0.3, 0.4) is 0 Å². The van der Waals surface area contributed by atoms with Crippen LogP contribution < -0.4 is 4.74 Å². The van der Waals surface area contributed by atoms with Gasteiger partial charge in [0.05, 0.1) is 18.2 Å². The zero-order valence-electron chi connectivity index (χ0n) is 15.2. The summed E-state index contributed by atoms with van der Waals surface area (Å²) in [6, 6.07) is 8.43. The molecular weight excluding hydrogens is 401 g/mol. The zero-order chi connectivity index (χ0) is 21.6. The Labute approximate surface area is 163 Å². The van der Waals surface area contributed by atoms with E-state index in [1.165, 1.54) is 24.3 Å². The van der Waals surface area contributed by atoms with Crippen molar-refractivity contribution in [2.75, 3.05) is 6.61 Å². The van der Waals surface area contributed by atoms with Gasteiger partial charge in [-0.2, -0.15) is 22.0 Å². The molecule has 0 saturated carbocycles. The van der Waals surface area contributed by atoms with Gasteiger partial charge in [0.1, 0.15) is 11.9 Å². The van der Waals surface area contributed by atoms with E-state index in [0.29, 0.717) is 0 Å². The van der Waals surface area contributed by atoms with Gasteiger partial charge in [-0.1, -0.05) is 18.2 Å². The van der Waals surface area contributed by atoms with Crippen molar-refractivity contribution in [1.29, 1.82) is 0 Å². The molecule has 158 valence electrons. The summed E-state index contributed by atoms with van der Waals surface area (Å²) in [5, 5.41) is 10.5. The number of hydrogen-bond donors (Lipinski definition) is 1. The Morgan fingerprint density at radius 3 is 2.52 bits per heavy atom. The van der Waals surface area contributed by atoms with Gasteiger partial charge < -0.3 is 14.6 Å². The first-order valence-corrected chi connectivity index (χ1v) is 8.55. The number of carbonyl (C=O) groups excluding carboxylic acids is 1. The van der Waals surface area contributed by atoms with Gasteiger partial charge in [0.25, 0.3) is 0 Å². The van der Waals surface area contributed by atoms with E-state index in [4.69, 9.17) is 4.74 Å². The lowest BCUT2D eigenvalue weighted by molar-refractivity contribution is -0.253. The van der Waals surface area contributed by atoms with Crippen molar-refractivity contribution in [3.05, 3.63) is 59.7 Å². The highest BCUT2D eigenvalue weighted by Crippen LogP contribution is 2.30. The molecule has 2 rings (SSSR count). The average molecular weight is 419 g/mol. The van der Waals surface area contributed by atoms with Gasteiger partial charge in [-0.3, -0.25) is 4.79 Å². The Morgan fingerprint density at radius 2 is 1.90 bits per heavy atom. The molecule has 2 aromatic rings. The minimum Gasteiger partial charge on any atom is -0.466 e. The number of nitrogens with zero attached hydrogens (tertiary/aromatic N) is 1. The molecule has 0 fully saturated rings. The van der Waals surface area contributed by atoms with Gasteiger partial charge in [-0.15, -0.1) is 0 Å². The number of aromatic nitrogens is 1. The standard InChI is InChI=1S/C19H18F5NO4/c1-2-28-17(27)13(16(26)14-7-4-8-15(20)25-14)10-11-5-3-6-12(9-11)29-19(23,24)18(21)22/h3-9,13,16,18,26H,2,10H2,1H3. The van der Waals surface area contributed by atoms with Gasteiger partial charge in [0, 0.05) is 0 Å². The molecule has 0 amide bonds. The van der Waals surface area contributed by atoms with E-state index in [2.05, 4.69) is 9.72 Å². The van der Waals surface area contributed by atoms with E-state index in [-0.39, 0.29) is 24.3 Å². The SMILES string of the molecule is CCOC(=O)C(Cc1cccc(OC(F)(F)C(F)F)c1)C(O)c1cccc(F)n1. The molecule has 0 radical (unpaired) electrons. The lowest BCUT2D eigenvalue weighted by Gasteiger charge is -2.22. The Morgan fingerprint density at radius 1 is 1.21 bits per heavy atom. The highest BCUT2D eigenvalue weighted by molar-refractivity contribution is 5.73. The van der Waals surface area contributed by atoms with Crippen LogP contribution in [0.15, 0.2) is 42.5 Å². The Hall–Kier alpha value is -2.75. The summed E-state index contributed by atoms with van der Waals surface area (Å²) in [6.07, 6.45) is -10.5. The van der Waals surface area contributed by atoms with Gasteiger partial charge in [-0.25, -0.2) is 4.98 Å². The van der Waals surface area contributed by atoms with E-state index in [1.807, 2.05) is 0 Å². The molecule has 1 aromatic heterocycles. The minimum atomic E-state index is -4.69. The zero-order valence-corrected chi connectivity index (χ0v) is 15.2. The number of benzene rings is 1. The number of aliphatic hydroxyl groups is 1. The first-order valence-electron chi connectivity index (χ1n) is 8.55. The maximum absolute atomic E-state index is 13.4. The summed E-state index contributed by atoms with van der Waals surface area (Å²) in [6.45, 7) is 1.55. The van der Waals surface area contributed by atoms with E-state index >= 15 is 0 Å². The summed E-state index contributed by atoms with van der Waals surface area (Å²) < 4.78 is 73.2. The first kappa shape index (κ1) is 22.5. The van der Waals surface area contributed by atoms with E-state index in [9.17, 15) is 31.9 Å². The summed E-state index contributed by atoms with van der Waals surface area (Å²) in [4.78, 5) is 15.8. The number of hydrogen-bond acceptors (Lipinski definition) is 5. The number of ether oxygens (including phenoxy) is 2. The smallest absolute Gasteiger partial charge is 0.461 e. The maximum Gasteiger partial charge on any atom is 0.461 e. The quantitative estimate of drug-likeness (QED) is 0.379. The van der Waals surface area contributed by atoms with Crippen molar-refractivity contribution < 1.29 is 41.3 Å². The second-order valence-corrected chi connectivity index (χ2v) is 6.00. The maximum atomic E-state index is 13.4. The third-order valence-corrected chi connectivity index (χ3v) is 3.87. The summed E-state index contributed by atoms with van der Waals surface area (Å²) >= 11 is 0. The van der Waals surface area contributed by atoms with Crippen LogP contribution in [0.1, 0.15) is 24.3 Å². The van der Waals surface area contributed by atoms with Crippen molar-refractivity contribution in [3.63, 3.8) is 0 Å². The Kier molecular flexibility index (Phi) is 7.49. The molecule has 0 aliphatic heterocycles. The van der Waals surface area contributed by atoms with Crippen LogP contribution in [0.5, 0.6) is 5.75 Å². The molecule has 5 nitrogen and oxygen atoms in total. The molecule has 2 atom stereocenters. The average Bonchev–Trinajstić information content (AvgIpc) is 2.65.